The van der Waals surface area contributed by atoms with Gasteiger partial charge >= 0.3 is 0 Å². The highest BCUT2D eigenvalue weighted by Gasteiger charge is 2.57. The van der Waals surface area contributed by atoms with Crippen molar-refractivity contribution in [2.45, 2.75) is 42.9 Å². The fourth-order valence-electron chi connectivity index (χ4n) is 5.35. The third-order valence-electron chi connectivity index (χ3n) is 6.47. The molecule has 5 rings (SSSR count). The molecule has 4 nitrogen and oxygen atoms in total. The monoisotopic (exact) mass is 327 g/mol. The summed E-state index contributed by atoms with van der Waals surface area (Å²) in [5.41, 5.74) is 2.01. The maximum Gasteiger partial charge on any atom is 0.170 e. The van der Waals surface area contributed by atoms with Crippen LogP contribution < -0.4 is 0 Å². The summed E-state index contributed by atoms with van der Waals surface area (Å²) in [6, 6.07) is 6.08. The first-order valence-electron chi connectivity index (χ1n) is 8.72. The fourth-order valence-corrected chi connectivity index (χ4v) is 5.35. The number of halogens is 1. The van der Waals surface area contributed by atoms with Gasteiger partial charge in [-0.15, -0.1) is 0 Å². The molecule has 1 aromatic heterocycles. The lowest BCUT2D eigenvalue weighted by molar-refractivity contribution is -0.0307. The standard InChI is InChI=1S/C19H22FN3O/c1-22-9-15(14-7-12(20)3-5-16(14)22)18-17-6-4-13(23(17)2)8-19(18)10-21-11-24-19/h3,5,7,9,11,13,17-18H,4,6,8,10H2,1-2H3. The highest BCUT2D eigenvalue weighted by Crippen LogP contribution is 2.52. The number of aryl methyl sites for hydroxylation is 1. The predicted molar refractivity (Wildman–Crippen MR) is 92.0 cm³/mol. The average Bonchev–Trinajstić information content (AvgIpc) is 3.20. The quantitative estimate of drug-likeness (QED) is 0.806. The summed E-state index contributed by atoms with van der Waals surface area (Å²) in [4.78, 5) is 6.93. The molecule has 3 aliphatic heterocycles. The van der Waals surface area contributed by atoms with Gasteiger partial charge in [-0.25, -0.2) is 4.39 Å². The molecule has 24 heavy (non-hydrogen) atoms. The summed E-state index contributed by atoms with van der Waals surface area (Å²) < 4.78 is 22.2. The number of fused-ring (bicyclic) bond motifs is 3. The number of likely N-dealkylation sites (N-methyl/N-ethyl adjacent to an activating group) is 1. The number of piperidine rings is 1. The van der Waals surface area contributed by atoms with Crippen LogP contribution in [0.2, 0.25) is 0 Å². The second kappa shape index (κ2) is 4.82. The van der Waals surface area contributed by atoms with E-state index in [2.05, 4.69) is 27.7 Å². The average molecular weight is 327 g/mol. The van der Waals surface area contributed by atoms with Crippen molar-refractivity contribution in [2.75, 3.05) is 13.6 Å². The molecule has 0 radical (unpaired) electrons. The number of hydrogen-bond donors (Lipinski definition) is 0. The Bertz CT molecular complexity index is 834. The SMILES string of the molecule is CN1C2CCC1C(c1cn(C)c3ccc(F)cc13)C1(CN=CO1)C2. The zero-order chi connectivity index (χ0) is 16.5. The van der Waals surface area contributed by atoms with Crippen LogP contribution in [0, 0.1) is 5.82 Å². The molecule has 4 atom stereocenters. The lowest BCUT2D eigenvalue weighted by atomic mass is 9.72. The van der Waals surface area contributed by atoms with E-state index in [0.717, 1.165) is 17.3 Å². The van der Waals surface area contributed by atoms with Crippen molar-refractivity contribution < 1.29 is 9.13 Å². The Labute approximate surface area is 140 Å². The number of ether oxygens (including phenoxy) is 1. The van der Waals surface area contributed by atoms with Crippen LogP contribution in [0.3, 0.4) is 0 Å². The Kier molecular flexibility index (Phi) is 2.90. The number of hydrogen-bond acceptors (Lipinski definition) is 3. The second-order valence-electron chi connectivity index (χ2n) is 7.63. The van der Waals surface area contributed by atoms with Gasteiger partial charge in [-0.3, -0.25) is 9.89 Å². The smallest absolute Gasteiger partial charge is 0.170 e. The molecule has 0 saturated carbocycles. The first kappa shape index (κ1) is 14.5. The third-order valence-corrected chi connectivity index (χ3v) is 6.47. The summed E-state index contributed by atoms with van der Waals surface area (Å²) in [5, 5.41) is 1.01. The normalized spacial score (nSPS) is 35.2. The predicted octanol–water partition coefficient (Wildman–Crippen LogP) is 3.06. The lowest BCUT2D eigenvalue weighted by Crippen LogP contribution is -2.56. The molecule has 3 aliphatic rings. The fraction of sp³-hybridized carbons (Fsp3) is 0.526. The molecule has 0 aliphatic carbocycles. The summed E-state index contributed by atoms with van der Waals surface area (Å²) >= 11 is 0. The van der Waals surface area contributed by atoms with Crippen LogP contribution in [0.25, 0.3) is 10.9 Å². The molecule has 2 saturated heterocycles. The Morgan fingerprint density at radius 2 is 2.17 bits per heavy atom. The van der Waals surface area contributed by atoms with Crippen LogP contribution >= 0.6 is 0 Å². The van der Waals surface area contributed by atoms with Crippen molar-refractivity contribution in [3.8, 4) is 0 Å². The highest BCUT2D eigenvalue weighted by atomic mass is 19.1. The molecule has 2 aromatic rings. The molecule has 1 aromatic carbocycles. The van der Waals surface area contributed by atoms with E-state index in [1.54, 1.807) is 12.5 Å². The number of aromatic nitrogens is 1. The van der Waals surface area contributed by atoms with Gasteiger partial charge in [-0.05, 0) is 43.7 Å². The molecule has 0 N–H and O–H groups in total. The zero-order valence-corrected chi connectivity index (χ0v) is 14.1. The van der Waals surface area contributed by atoms with Gasteiger partial charge < -0.3 is 9.30 Å². The van der Waals surface area contributed by atoms with Crippen LogP contribution in [0.4, 0.5) is 4.39 Å². The first-order chi connectivity index (χ1) is 11.6. The van der Waals surface area contributed by atoms with Crippen molar-refractivity contribution >= 4 is 17.3 Å². The molecular weight excluding hydrogens is 305 g/mol. The van der Waals surface area contributed by atoms with Crippen LogP contribution in [0.5, 0.6) is 0 Å². The summed E-state index contributed by atoms with van der Waals surface area (Å²) in [6.07, 6.45) is 7.18. The molecule has 2 fully saturated rings. The van der Waals surface area contributed by atoms with E-state index in [9.17, 15) is 4.39 Å². The van der Waals surface area contributed by atoms with Gasteiger partial charge in [0.15, 0.2) is 6.40 Å². The Hall–Kier alpha value is -1.88. The van der Waals surface area contributed by atoms with Crippen molar-refractivity contribution in [1.82, 2.24) is 9.47 Å². The van der Waals surface area contributed by atoms with Crippen molar-refractivity contribution in [3.05, 3.63) is 35.8 Å². The van der Waals surface area contributed by atoms with Gasteiger partial charge in [0.05, 0.1) is 6.54 Å². The van der Waals surface area contributed by atoms with Crippen molar-refractivity contribution in [2.24, 2.45) is 12.0 Å². The molecule has 0 amide bonds. The number of benzene rings is 1. The summed E-state index contributed by atoms with van der Waals surface area (Å²) in [5.74, 6) is 0.0373. The van der Waals surface area contributed by atoms with E-state index < -0.39 is 0 Å². The van der Waals surface area contributed by atoms with E-state index >= 15 is 0 Å². The molecule has 1 spiro atoms. The van der Waals surface area contributed by atoms with Crippen LogP contribution in [0.1, 0.15) is 30.7 Å². The van der Waals surface area contributed by atoms with Gasteiger partial charge in [0.25, 0.3) is 0 Å². The molecule has 126 valence electrons. The van der Waals surface area contributed by atoms with E-state index in [4.69, 9.17) is 4.74 Å². The highest BCUT2D eigenvalue weighted by molar-refractivity contribution is 5.85. The van der Waals surface area contributed by atoms with Crippen molar-refractivity contribution in [3.63, 3.8) is 0 Å². The molecule has 4 heterocycles. The van der Waals surface area contributed by atoms with Gasteiger partial charge in [0.2, 0.25) is 0 Å². The Balaban J connectivity index is 1.72. The molecule has 4 unspecified atom stereocenters. The number of aliphatic imine (C=N–C) groups is 1. The summed E-state index contributed by atoms with van der Waals surface area (Å²) in [7, 11) is 4.26. The van der Waals surface area contributed by atoms with Gasteiger partial charge in [0.1, 0.15) is 11.4 Å². The zero-order valence-electron chi connectivity index (χ0n) is 14.1. The van der Waals surface area contributed by atoms with Crippen LogP contribution in [0.15, 0.2) is 29.4 Å². The minimum atomic E-state index is -0.265. The third kappa shape index (κ3) is 1.79. The van der Waals surface area contributed by atoms with Gasteiger partial charge in [0, 0.05) is 48.6 Å². The molecule has 2 bridgehead atoms. The van der Waals surface area contributed by atoms with Crippen LogP contribution in [-0.2, 0) is 11.8 Å². The maximum absolute atomic E-state index is 14.0. The van der Waals surface area contributed by atoms with E-state index in [0.29, 0.717) is 18.6 Å². The molecular formula is C19H22FN3O. The summed E-state index contributed by atoms with van der Waals surface area (Å²) in [6.45, 7) is 0.713. The van der Waals surface area contributed by atoms with Crippen molar-refractivity contribution in [1.29, 1.82) is 0 Å². The largest absolute Gasteiger partial charge is 0.474 e. The van der Waals surface area contributed by atoms with E-state index in [1.807, 2.05) is 13.1 Å². The van der Waals surface area contributed by atoms with E-state index in [1.165, 1.54) is 24.5 Å². The minimum absolute atomic E-state index is 0.180. The maximum atomic E-state index is 14.0. The Morgan fingerprint density at radius 1 is 1.29 bits per heavy atom. The topological polar surface area (TPSA) is 29.8 Å². The lowest BCUT2D eigenvalue weighted by Gasteiger charge is -2.48. The number of rotatable bonds is 1. The van der Waals surface area contributed by atoms with Gasteiger partial charge in [-0.2, -0.15) is 0 Å². The first-order valence-corrected chi connectivity index (χ1v) is 8.72. The second-order valence-corrected chi connectivity index (χ2v) is 7.63. The Morgan fingerprint density at radius 3 is 2.96 bits per heavy atom. The van der Waals surface area contributed by atoms with Crippen LogP contribution in [-0.4, -0.2) is 47.1 Å². The minimum Gasteiger partial charge on any atom is -0.474 e. The van der Waals surface area contributed by atoms with E-state index in [-0.39, 0.29) is 17.3 Å². The number of nitrogens with zero attached hydrogens (tertiary/aromatic N) is 3. The van der Waals surface area contributed by atoms with Gasteiger partial charge in [-0.1, -0.05) is 0 Å². The molecule has 5 heteroatoms.